The standard InChI is InChI=1S/C12H8ClN5O/c13-8-3-1-7(2-4-8)12(19)18-6-17-9-10(14)15-5-16-11(9)18/h1-6H,(H2,14,15,16). The van der Waals surface area contributed by atoms with Gasteiger partial charge in [-0.15, -0.1) is 0 Å². The van der Waals surface area contributed by atoms with Crippen LogP contribution in [0.25, 0.3) is 11.2 Å². The van der Waals surface area contributed by atoms with Gasteiger partial charge in [0, 0.05) is 10.6 Å². The van der Waals surface area contributed by atoms with Crippen molar-refractivity contribution in [2.24, 2.45) is 0 Å². The first kappa shape index (κ1) is 11.6. The Bertz CT molecular complexity index is 765. The highest BCUT2D eigenvalue weighted by molar-refractivity contribution is 6.30. The molecule has 2 aromatic heterocycles. The molecule has 0 amide bonds. The molecule has 0 fully saturated rings. The van der Waals surface area contributed by atoms with Crippen molar-refractivity contribution in [2.75, 3.05) is 5.73 Å². The molecule has 0 bridgehead atoms. The molecule has 0 radical (unpaired) electrons. The zero-order chi connectivity index (χ0) is 13.4. The largest absolute Gasteiger partial charge is 0.382 e. The lowest BCUT2D eigenvalue weighted by molar-refractivity contribution is 0.0964. The normalized spacial score (nSPS) is 10.8. The molecular formula is C12H8ClN5O. The maximum Gasteiger partial charge on any atom is 0.264 e. The third kappa shape index (κ3) is 1.92. The molecule has 0 aliphatic heterocycles. The molecule has 19 heavy (non-hydrogen) atoms. The van der Waals surface area contributed by atoms with Gasteiger partial charge in [0.05, 0.1) is 0 Å². The minimum absolute atomic E-state index is 0.243. The fourth-order valence-corrected chi connectivity index (χ4v) is 1.86. The number of rotatable bonds is 1. The highest BCUT2D eigenvalue weighted by atomic mass is 35.5. The topological polar surface area (TPSA) is 86.7 Å². The van der Waals surface area contributed by atoms with Crippen LogP contribution in [-0.4, -0.2) is 25.4 Å². The first-order chi connectivity index (χ1) is 9.16. The zero-order valence-electron chi connectivity index (χ0n) is 9.62. The summed E-state index contributed by atoms with van der Waals surface area (Å²) in [7, 11) is 0. The van der Waals surface area contributed by atoms with Gasteiger partial charge >= 0.3 is 0 Å². The summed E-state index contributed by atoms with van der Waals surface area (Å²) in [6.07, 6.45) is 2.68. The molecule has 0 unspecified atom stereocenters. The minimum atomic E-state index is -0.253. The van der Waals surface area contributed by atoms with E-state index in [2.05, 4.69) is 15.0 Å². The number of aromatic nitrogens is 4. The van der Waals surface area contributed by atoms with Crippen LogP contribution < -0.4 is 5.73 Å². The van der Waals surface area contributed by atoms with Gasteiger partial charge in [-0.3, -0.25) is 4.79 Å². The van der Waals surface area contributed by atoms with Crippen molar-refractivity contribution >= 4 is 34.5 Å². The summed E-state index contributed by atoms with van der Waals surface area (Å²) >= 11 is 5.79. The summed E-state index contributed by atoms with van der Waals surface area (Å²) in [5.41, 5.74) is 6.95. The lowest BCUT2D eigenvalue weighted by Crippen LogP contribution is -2.11. The average Bonchev–Trinajstić information content (AvgIpc) is 2.84. The number of carbonyl (C=O) groups is 1. The van der Waals surface area contributed by atoms with Crippen molar-refractivity contribution in [3.8, 4) is 0 Å². The lowest BCUT2D eigenvalue weighted by Gasteiger charge is -2.02. The first-order valence-electron chi connectivity index (χ1n) is 5.40. The fraction of sp³-hybridized carbons (Fsp3) is 0. The second-order valence-electron chi connectivity index (χ2n) is 3.86. The Morgan fingerprint density at radius 3 is 2.63 bits per heavy atom. The van der Waals surface area contributed by atoms with Crippen molar-refractivity contribution in [3.05, 3.63) is 47.5 Å². The van der Waals surface area contributed by atoms with Crippen LogP contribution in [0.3, 0.4) is 0 Å². The van der Waals surface area contributed by atoms with Crippen LogP contribution in [0.4, 0.5) is 5.82 Å². The number of hydrogen-bond donors (Lipinski definition) is 1. The molecule has 0 atom stereocenters. The van der Waals surface area contributed by atoms with Crippen LogP contribution in [-0.2, 0) is 0 Å². The Morgan fingerprint density at radius 1 is 1.16 bits per heavy atom. The molecule has 3 rings (SSSR count). The van der Waals surface area contributed by atoms with Gasteiger partial charge in [-0.2, -0.15) is 0 Å². The Hall–Kier alpha value is -2.47. The number of imidazole rings is 1. The van der Waals surface area contributed by atoms with Crippen molar-refractivity contribution in [1.29, 1.82) is 0 Å². The van der Waals surface area contributed by atoms with Crippen molar-refractivity contribution in [3.63, 3.8) is 0 Å². The summed E-state index contributed by atoms with van der Waals surface area (Å²) in [6, 6.07) is 6.58. The van der Waals surface area contributed by atoms with Crippen molar-refractivity contribution in [2.45, 2.75) is 0 Å². The number of nitrogens with two attached hydrogens (primary N) is 1. The average molecular weight is 274 g/mol. The molecule has 0 aliphatic carbocycles. The summed E-state index contributed by atoms with van der Waals surface area (Å²) in [5, 5.41) is 0.568. The van der Waals surface area contributed by atoms with Crippen LogP contribution in [0.15, 0.2) is 36.9 Å². The minimum Gasteiger partial charge on any atom is -0.382 e. The van der Waals surface area contributed by atoms with Crippen LogP contribution in [0, 0.1) is 0 Å². The van der Waals surface area contributed by atoms with Crippen molar-refractivity contribution in [1.82, 2.24) is 19.5 Å². The predicted molar refractivity (Wildman–Crippen MR) is 70.9 cm³/mol. The fourth-order valence-electron chi connectivity index (χ4n) is 1.73. The maximum atomic E-state index is 12.3. The Labute approximate surface area is 112 Å². The number of nitrogens with zero attached hydrogens (tertiary/aromatic N) is 4. The molecule has 0 saturated heterocycles. The molecule has 0 spiro atoms. The highest BCUT2D eigenvalue weighted by Crippen LogP contribution is 2.16. The molecule has 94 valence electrons. The Kier molecular flexibility index (Phi) is 2.64. The van der Waals surface area contributed by atoms with Crippen LogP contribution >= 0.6 is 11.6 Å². The summed E-state index contributed by atoms with van der Waals surface area (Å²) in [5.74, 6) is -0.00933. The van der Waals surface area contributed by atoms with Gasteiger partial charge in [-0.25, -0.2) is 19.5 Å². The second-order valence-corrected chi connectivity index (χ2v) is 4.29. The second kappa shape index (κ2) is 4.33. The van der Waals surface area contributed by atoms with E-state index in [9.17, 15) is 4.79 Å². The monoisotopic (exact) mass is 273 g/mol. The third-order valence-electron chi connectivity index (χ3n) is 2.67. The molecule has 3 aromatic rings. The van der Waals surface area contributed by atoms with Crippen molar-refractivity contribution < 1.29 is 4.79 Å². The van der Waals surface area contributed by atoms with E-state index in [0.717, 1.165) is 0 Å². The number of fused-ring (bicyclic) bond motifs is 1. The molecule has 2 heterocycles. The number of hydrogen-bond acceptors (Lipinski definition) is 5. The number of halogens is 1. The molecule has 0 saturated carbocycles. The van der Waals surface area contributed by atoms with Gasteiger partial charge in [0.2, 0.25) is 0 Å². The summed E-state index contributed by atoms with van der Waals surface area (Å²) in [4.78, 5) is 24.2. The predicted octanol–water partition coefficient (Wildman–Crippen LogP) is 1.75. The van der Waals surface area contributed by atoms with Crippen LogP contribution in [0.5, 0.6) is 0 Å². The van der Waals surface area contributed by atoms with Gasteiger partial charge in [0.25, 0.3) is 5.91 Å². The van der Waals surface area contributed by atoms with Gasteiger partial charge in [0.1, 0.15) is 12.7 Å². The molecular weight excluding hydrogens is 266 g/mol. The maximum absolute atomic E-state index is 12.3. The van der Waals surface area contributed by atoms with E-state index in [0.29, 0.717) is 21.7 Å². The van der Waals surface area contributed by atoms with Crippen LogP contribution in [0.1, 0.15) is 10.4 Å². The lowest BCUT2D eigenvalue weighted by atomic mass is 10.2. The number of nitrogen functional groups attached to an aromatic ring is 1. The molecule has 1 aromatic carbocycles. The third-order valence-corrected chi connectivity index (χ3v) is 2.92. The SMILES string of the molecule is Nc1ncnc2c1ncn2C(=O)c1ccc(Cl)cc1. The van der Waals surface area contributed by atoms with E-state index in [1.165, 1.54) is 17.2 Å². The molecule has 6 nitrogen and oxygen atoms in total. The van der Waals surface area contributed by atoms with E-state index in [1.54, 1.807) is 24.3 Å². The van der Waals surface area contributed by atoms with E-state index < -0.39 is 0 Å². The van der Waals surface area contributed by atoms with E-state index in [-0.39, 0.29) is 11.7 Å². The molecule has 7 heteroatoms. The van der Waals surface area contributed by atoms with E-state index >= 15 is 0 Å². The number of anilines is 1. The van der Waals surface area contributed by atoms with Gasteiger partial charge < -0.3 is 5.73 Å². The summed E-state index contributed by atoms with van der Waals surface area (Å²) in [6.45, 7) is 0. The van der Waals surface area contributed by atoms with Gasteiger partial charge in [-0.05, 0) is 24.3 Å². The Morgan fingerprint density at radius 2 is 1.89 bits per heavy atom. The summed E-state index contributed by atoms with van der Waals surface area (Å²) < 4.78 is 1.33. The zero-order valence-corrected chi connectivity index (χ0v) is 10.4. The smallest absolute Gasteiger partial charge is 0.264 e. The first-order valence-corrected chi connectivity index (χ1v) is 5.78. The highest BCUT2D eigenvalue weighted by Gasteiger charge is 2.14. The van der Waals surface area contributed by atoms with Gasteiger partial charge in [-0.1, -0.05) is 11.6 Å². The van der Waals surface area contributed by atoms with Crippen LogP contribution in [0.2, 0.25) is 5.02 Å². The number of carbonyl (C=O) groups excluding carboxylic acids is 1. The van der Waals surface area contributed by atoms with E-state index in [4.69, 9.17) is 17.3 Å². The molecule has 0 aliphatic rings. The molecule has 2 N–H and O–H groups in total. The van der Waals surface area contributed by atoms with E-state index in [1.807, 2.05) is 0 Å². The van der Waals surface area contributed by atoms with Gasteiger partial charge in [0.15, 0.2) is 17.0 Å². The number of benzene rings is 1. The quantitative estimate of drug-likeness (QED) is 0.730. The Balaban J connectivity index is 2.12.